The van der Waals surface area contributed by atoms with Crippen molar-refractivity contribution in [1.82, 2.24) is 0 Å². The highest BCUT2D eigenvalue weighted by molar-refractivity contribution is 5.69. The van der Waals surface area contributed by atoms with E-state index in [9.17, 15) is 9.59 Å². The van der Waals surface area contributed by atoms with Crippen molar-refractivity contribution in [2.45, 2.75) is 251 Å². The van der Waals surface area contributed by atoms with E-state index < -0.39 is 12.1 Å². The Morgan fingerprint density at radius 3 is 0.918 bits per heavy atom. The molecule has 0 spiro atoms. The first-order chi connectivity index (χ1) is 24.0. The number of esters is 1. The van der Waals surface area contributed by atoms with E-state index in [1.165, 1.54) is 193 Å². The lowest BCUT2D eigenvalue weighted by Crippen LogP contribution is -2.21. The number of carboxylic acids is 1. The molecule has 0 aromatic rings. The molecule has 0 aromatic heterocycles. The van der Waals surface area contributed by atoms with Gasteiger partial charge in [-0.2, -0.15) is 0 Å². The van der Waals surface area contributed by atoms with Crippen LogP contribution in [0.3, 0.4) is 0 Å². The molecule has 0 radical (unpaired) electrons. The van der Waals surface area contributed by atoms with Crippen molar-refractivity contribution >= 4 is 11.9 Å². The second-order valence-corrected chi connectivity index (χ2v) is 14.7. The molecule has 0 amide bonds. The summed E-state index contributed by atoms with van der Waals surface area (Å²) in [4.78, 5) is 21.8. The molecule has 0 saturated carbocycles. The summed E-state index contributed by atoms with van der Waals surface area (Å²) >= 11 is 0. The molecule has 0 aliphatic rings. The van der Waals surface area contributed by atoms with Gasteiger partial charge in [0.2, 0.25) is 0 Å². The van der Waals surface area contributed by atoms with Crippen LogP contribution in [0.25, 0.3) is 0 Å². The van der Waals surface area contributed by atoms with Crippen LogP contribution in [0.2, 0.25) is 0 Å². The van der Waals surface area contributed by atoms with E-state index in [2.05, 4.69) is 13.8 Å². The summed E-state index contributed by atoms with van der Waals surface area (Å²) in [7, 11) is 0. The van der Waals surface area contributed by atoms with E-state index >= 15 is 0 Å². The molecule has 3 N–H and O–H groups in total. The number of carbonyl (C=O) groups is 2. The molecule has 294 valence electrons. The first-order valence-corrected chi connectivity index (χ1v) is 21.6. The van der Waals surface area contributed by atoms with Crippen molar-refractivity contribution in [3.05, 3.63) is 0 Å². The molecule has 6 heteroatoms. The fraction of sp³-hybridized carbons (Fsp3) is 0.953. The third-order valence-corrected chi connectivity index (χ3v) is 9.63. The van der Waals surface area contributed by atoms with Crippen molar-refractivity contribution < 1.29 is 29.6 Å². The van der Waals surface area contributed by atoms with Crippen molar-refractivity contribution in [3.63, 3.8) is 0 Å². The second kappa shape index (κ2) is 44.9. The van der Waals surface area contributed by atoms with Gasteiger partial charge in [-0.25, -0.2) is 0 Å². The Hall–Kier alpha value is -1.14. The highest BCUT2D eigenvalue weighted by atomic mass is 16.5. The van der Waals surface area contributed by atoms with Gasteiger partial charge in [0.15, 0.2) is 0 Å². The maximum Gasteiger partial charge on any atom is 0.305 e. The number of carboxylic acid groups (broad SMARTS) is 1. The Morgan fingerprint density at radius 1 is 0.429 bits per heavy atom. The van der Waals surface area contributed by atoms with Gasteiger partial charge in [0.25, 0.3) is 0 Å². The zero-order valence-electron chi connectivity index (χ0n) is 33.0. The van der Waals surface area contributed by atoms with Gasteiger partial charge in [-0.1, -0.05) is 219 Å². The summed E-state index contributed by atoms with van der Waals surface area (Å²) in [5.41, 5.74) is 0. The lowest BCUT2D eigenvalue weighted by atomic mass is 10.0. The number of hydrogen-bond acceptors (Lipinski definition) is 5. The summed E-state index contributed by atoms with van der Waals surface area (Å²) in [5.74, 6) is -0.927. The van der Waals surface area contributed by atoms with Crippen molar-refractivity contribution in [3.8, 4) is 0 Å². The van der Waals surface area contributed by atoms with Crippen LogP contribution in [0.4, 0.5) is 0 Å². The number of carbonyl (C=O) groups excluding carboxylic acids is 1. The molecular weight excluding hydrogens is 612 g/mol. The molecule has 0 fully saturated rings. The fourth-order valence-corrected chi connectivity index (χ4v) is 6.31. The molecule has 49 heavy (non-hydrogen) atoms. The molecule has 0 rings (SSSR count). The third-order valence-electron chi connectivity index (χ3n) is 9.63. The zero-order valence-corrected chi connectivity index (χ0v) is 33.0. The average molecular weight is 699 g/mol. The van der Waals surface area contributed by atoms with Gasteiger partial charge in [0, 0.05) is 12.8 Å². The summed E-state index contributed by atoms with van der Waals surface area (Å²) in [6, 6.07) is 0. The average Bonchev–Trinajstić information content (AvgIpc) is 3.10. The van der Waals surface area contributed by atoms with Crippen LogP contribution in [-0.2, 0) is 14.3 Å². The maximum atomic E-state index is 11.4. The minimum Gasteiger partial charge on any atom is -0.481 e. The van der Waals surface area contributed by atoms with Gasteiger partial charge in [-0.15, -0.1) is 0 Å². The molecule has 0 aliphatic heterocycles. The quantitative estimate of drug-likeness (QED) is 0.0436. The molecule has 0 heterocycles. The van der Waals surface area contributed by atoms with E-state index in [-0.39, 0.29) is 19.2 Å². The second-order valence-electron chi connectivity index (χ2n) is 14.7. The van der Waals surface area contributed by atoms with Gasteiger partial charge >= 0.3 is 11.9 Å². The molecule has 0 saturated heterocycles. The van der Waals surface area contributed by atoms with E-state index in [1.807, 2.05) is 0 Å². The molecular formula is C43H86O6. The summed E-state index contributed by atoms with van der Waals surface area (Å²) < 4.78 is 4.88. The van der Waals surface area contributed by atoms with Crippen molar-refractivity contribution in [1.29, 1.82) is 0 Å². The van der Waals surface area contributed by atoms with E-state index in [4.69, 9.17) is 20.1 Å². The number of aliphatic hydroxyl groups is 2. The SMILES string of the molecule is CCCCCCCCCCCCCCCCCC(=O)O.CCCCCCCCCCCCCCCCCCCCCC(=O)OCC(O)CO. The zero-order chi connectivity index (χ0) is 36.3. The molecule has 0 aromatic carbocycles. The molecule has 6 nitrogen and oxygen atoms in total. The lowest BCUT2D eigenvalue weighted by Gasteiger charge is -2.08. The van der Waals surface area contributed by atoms with Gasteiger partial charge in [-0.05, 0) is 12.8 Å². The van der Waals surface area contributed by atoms with Crippen LogP contribution in [-0.4, -0.2) is 46.6 Å². The number of rotatable bonds is 39. The van der Waals surface area contributed by atoms with Gasteiger partial charge in [-0.3, -0.25) is 9.59 Å². The summed E-state index contributed by atoms with van der Waals surface area (Å²) in [6.07, 6.45) is 45.1. The van der Waals surface area contributed by atoms with Gasteiger partial charge in [0.1, 0.15) is 12.7 Å². The Labute approximate surface area is 305 Å². The topological polar surface area (TPSA) is 104 Å². The van der Waals surface area contributed by atoms with Crippen LogP contribution in [0.5, 0.6) is 0 Å². The first-order valence-electron chi connectivity index (χ1n) is 21.6. The highest BCUT2D eigenvalue weighted by Crippen LogP contribution is 2.16. The number of aliphatic carboxylic acids is 1. The number of unbranched alkanes of at least 4 members (excludes halogenated alkanes) is 32. The Kier molecular flexibility index (Phi) is 45.8. The molecule has 0 bridgehead atoms. The van der Waals surface area contributed by atoms with E-state index in [0.29, 0.717) is 12.8 Å². The van der Waals surface area contributed by atoms with Crippen molar-refractivity contribution in [2.24, 2.45) is 0 Å². The fourth-order valence-electron chi connectivity index (χ4n) is 6.31. The normalized spacial score (nSPS) is 11.7. The Bertz CT molecular complexity index is 640. The van der Waals surface area contributed by atoms with Gasteiger partial charge < -0.3 is 20.1 Å². The molecule has 1 atom stereocenters. The highest BCUT2D eigenvalue weighted by Gasteiger charge is 2.07. The molecule has 1 unspecified atom stereocenters. The standard InChI is InChI=1S/C25H50O4.C18H36O2/c1-2-3-4-5-6-7-8-9-10-11-12-13-14-15-16-17-18-19-20-21-25(28)29-23-24(27)22-26;1-2-3-4-5-6-7-8-9-10-11-12-13-14-15-16-17-18(19)20/h24,26-27H,2-23H2,1H3;2-17H2,1H3,(H,19,20). The van der Waals surface area contributed by atoms with E-state index in [1.54, 1.807) is 0 Å². The monoisotopic (exact) mass is 699 g/mol. The summed E-state index contributed by atoms with van der Waals surface area (Å²) in [5, 5.41) is 26.3. The largest absolute Gasteiger partial charge is 0.481 e. The minimum absolute atomic E-state index is 0.103. The van der Waals surface area contributed by atoms with Crippen LogP contribution >= 0.6 is 0 Å². The predicted octanol–water partition coefficient (Wildman–Crippen LogP) is 13.0. The first kappa shape index (κ1) is 50.0. The lowest BCUT2D eigenvalue weighted by molar-refractivity contribution is -0.147. The maximum absolute atomic E-state index is 11.4. The molecule has 0 aliphatic carbocycles. The summed E-state index contributed by atoms with van der Waals surface area (Å²) in [6.45, 7) is 4.08. The number of hydrogen-bond donors (Lipinski definition) is 3. The smallest absolute Gasteiger partial charge is 0.305 e. The third kappa shape index (κ3) is 49.0. The predicted molar refractivity (Wildman–Crippen MR) is 209 cm³/mol. The number of ether oxygens (including phenoxy) is 1. The van der Waals surface area contributed by atoms with Crippen molar-refractivity contribution in [2.75, 3.05) is 13.2 Å². The minimum atomic E-state index is -0.955. The van der Waals surface area contributed by atoms with Crippen LogP contribution < -0.4 is 0 Å². The van der Waals surface area contributed by atoms with E-state index in [0.717, 1.165) is 25.7 Å². The van der Waals surface area contributed by atoms with Crippen LogP contribution in [0.1, 0.15) is 245 Å². The van der Waals surface area contributed by atoms with Gasteiger partial charge in [0.05, 0.1) is 6.61 Å². The number of aliphatic hydroxyl groups excluding tert-OH is 2. The Morgan fingerprint density at radius 2 is 0.673 bits per heavy atom. The van der Waals surface area contributed by atoms with Crippen LogP contribution in [0, 0.1) is 0 Å². The Balaban J connectivity index is 0. The van der Waals surface area contributed by atoms with Crippen LogP contribution in [0.15, 0.2) is 0 Å².